The minimum absolute atomic E-state index is 0.0216. The van der Waals surface area contributed by atoms with Gasteiger partial charge >= 0.3 is 6.18 Å². The Hall–Kier alpha value is -1.43. The number of imidazole rings is 1. The SMILES string of the molecule is Cc1nc(SCCC(F)(F)F)n(-c2ccccc2)c1C. The van der Waals surface area contributed by atoms with Gasteiger partial charge in [0.05, 0.1) is 12.1 Å². The van der Waals surface area contributed by atoms with Crippen LogP contribution in [0.4, 0.5) is 13.2 Å². The van der Waals surface area contributed by atoms with Crippen LogP contribution >= 0.6 is 11.8 Å². The van der Waals surface area contributed by atoms with Gasteiger partial charge in [-0.2, -0.15) is 13.2 Å². The van der Waals surface area contributed by atoms with E-state index in [-0.39, 0.29) is 5.75 Å². The Morgan fingerprint density at radius 1 is 1.15 bits per heavy atom. The van der Waals surface area contributed by atoms with Crippen molar-refractivity contribution in [1.82, 2.24) is 9.55 Å². The molecule has 108 valence electrons. The molecule has 0 N–H and O–H groups in total. The van der Waals surface area contributed by atoms with E-state index in [1.54, 1.807) is 0 Å². The topological polar surface area (TPSA) is 17.8 Å². The highest BCUT2D eigenvalue weighted by Crippen LogP contribution is 2.29. The first-order valence-electron chi connectivity index (χ1n) is 6.19. The molecule has 1 aromatic heterocycles. The van der Waals surface area contributed by atoms with Gasteiger partial charge in [-0.1, -0.05) is 30.0 Å². The zero-order valence-corrected chi connectivity index (χ0v) is 12.1. The minimum Gasteiger partial charge on any atom is -0.292 e. The van der Waals surface area contributed by atoms with Crippen molar-refractivity contribution in [3.63, 3.8) is 0 Å². The number of aryl methyl sites for hydroxylation is 1. The number of thioether (sulfide) groups is 1. The molecule has 0 saturated carbocycles. The van der Waals surface area contributed by atoms with Crippen LogP contribution in [0.3, 0.4) is 0 Å². The number of alkyl halides is 3. The Labute approximate surface area is 120 Å². The predicted octanol–water partition coefficient (Wildman–Crippen LogP) is 4.53. The van der Waals surface area contributed by atoms with Crippen molar-refractivity contribution in [2.45, 2.75) is 31.6 Å². The Morgan fingerprint density at radius 3 is 2.40 bits per heavy atom. The zero-order chi connectivity index (χ0) is 14.8. The van der Waals surface area contributed by atoms with E-state index < -0.39 is 12.6 Å². The second-order valence-electron chi connectivity index (χ2n) is 4.45. The van der Waals surface area contributed by atoms with Gasteiger partial charge in [-0.25, -0.2) is 4.98 Å². The molecule has 20 heavy (non-hydrogen) atoms. The maximum absolute atomic E-state index is 12.2. The van der Waals surface area contributed by atoms with Crippen molar-refractivity contribution in [2.75, 3.05) is 5.75 Å². The summed E-state index contributed by atoms with van der Waals surface area (Å²) in [6, 6.07) is 9.53. The van der Waals surface area contributed by atoms with Gasteiger partial charge in [0.15, 0.2) is 5.16 Å². The Bertz CT molecular complexity index is 576. The van der Waals surface area contributed by atoms with Crippen LogP contribution in [0.5, 0.6) is 0 Å². The lowest BCUT2D eigenvalue weighted by atomic mass is 10.3. The molecule has 6 heteroatoms. The number of hydrogen-bond acceptors (Lipinski definition) is 2. The van der Waals surface area contributed by atoms with Crippen molar-refractivity contribution in [2.24, 2.45) is 0 Å². The molecule has 1 aromatic carbocycles. The average molecular weight is 300 g/mol. The lowest BCUT2D eigenvalue weighted by Crippen LogP contribution is -2.08. The molecular formula is C14H15F3N2S. The average Bonchev–Trinajstić information content (AvgIpc) is 2.65. The van der Waals surface area contributed by atoms with Crippen molar-refractivity contribution < 1.29 is 13.2 Å². The van der Waals surface area contributed by atoms with E-state index in [1.165, 1.54) is 0 Å². The summed E-state index contributed by atoms with van der Waals surface area (Å²) < 4.78 is 38.6. The number of halogens is 3. The summed E-state index contributed by atoms with van der Waals surface area (Å²) in [4.78, 5) is 4.36. The van der Waals surface area contributed by atoms with E-state index in [9.17, 15) is 13.2 Å². The van der Waals surface area contributed by atoms with Crippen LogP contribution in [0.1, 0.15) is 17.8 Å². The first kappa shape index (κ1) is 15.0. The molecular weight excluding hydrogens is 285 g/mol. The standard InChI is InChI=1S/C14H15F3N2S/c1-10-11(2)19(12-6-4-3-5-7-12)13(18-10)20-9-8-14(15,16)17/h3-7H,8-9H2,1-2H3. The summed E-state index contributed by atoms with van der Waals surface area (Å²) in [6.45, 7) is 3.78. The number of aromatic nitrogens is 2. The molecule has 2 rings (SSSR count). The maximum atomic E-state index is 12.2. The van der Waals surface area contributed by atoms with Gasteiger partial charge in [-0.05, 0) is 26.0 Å². The summed E-state index contributed by atoms with van der Waals surface area (Å²) in [6.07, 6.45) is -4.93. The normalized spacial score (nSPS) is 11.8. The molecule has 0 amide bonds. The highest BCUT2D eigenvalue weighted by atomic mass is 32.2. The Balaban J connectivity index is 2.24. The van der Waals surface area contributed by atoms with Crippen LogP contribution in [0.15, 0.2) is 35.5 Å². The van der Waals surface area contributed by atoms with Crippen LogP contribution in [-0.4, -0.2) is 21.5 Å². The lowest BCUT2D eigenvalue weighted by molar-refractivity contribution is -0.129. The van der Waals surface area contributed by atoms with Gasteiger partial charge in [-0.3, -0.25) is 4.57 Å². The van der Waals surface area contributed by atoms with E-state index in [1.807, 2.05) is 48.7 Å². The summed E-state index contributed by atoms with van der Waals surface area (Å²) in [5.41, 5.74) is 2.70. The van der Waals surface area contributed by atoms with Gasteiger partial charge in [0.25, 0.3) is 0 Å². The summed E-state index contributed by atoms with van der Waals surface area (Å²) >= 11 is 1.14. The zero-order valence-electron chi connectivity index (χ0n) is 11.2. The van der Waals surface area contributed by atoms with E-state index in [4.69, 9.17) is 0 Å². The highest BCUT2D eigenvalue weighted by molar-refractivity contribution is 7.99. The third kappa shape index (κ3) is 3.56. The number of benzene rings is 1. The maximum Gasteiger partial charge on any atom is 0.389 e. The van der Waals surface area contributed by atoms with E-state index >= 15 is 0 Å². The van der Waals surface area contributed by atoms with Crippen molar-refractivity contribution >= 4 is 11.8 Å². The smallest absolute Gasteiger partial charge is 0.292 e. The molecule has 0 radical (unpaired) electrons. The Morgan fingerprint density at radius 2 is 1.80 bits per heavy atom. The monoisotopic (exact) mass is 300 g/mol. The number of hydrogen-bond donors (Lipinski definition) is 0. The van der Waals surface area contributed by atoms with Gasteiger partial charge in [0, 0.05) is 17.1 Å². The van der Waals surface area contributed by atoms with E-state index in [0.29, 0.717) is 5.16 Å². The molecule has 0 aliphatic carbocycles. The number of rotatable bonds is 4. The van der Waals surface area contributed by atoms with Crippen LogP contribution < -0.4 is 0 Å². The third-order valence-electron chi connectivity index (χ3n) is 2.94. The third-order valence-corrected chi connectivity index (χ3v) is 3.89. The molecule has 0 fully saturated rings. The highest BCUT2D eigenvalue weighted by Gasteiger charge is 2.27. The lowest BCUT2D eigenvalue weighted by Gasteiger charge is -2.10. The molecule has 0 bridgehead atoms. The molecule has 1 heterocycles. The van der Waals surface area contributed by atoms with Crippen LogP contribution in [0.2, 0.25) is 0 Å². The summed E-state index contributed by atoms with van der Waals surface area (Å²) in [7, 11) is 0. The molecule has 2 nitrogen and oxygen atoms in total. The van der Waals surface area contributed by atoms with Crippen LogP contribution in [-0.2, 0) is 0 Å². The Kier molecular flexibility index (Phi) is 4.42. The molecule has 0 saturated heterocycles. The fraction of sp³-hybridized carbons (Fsp3) is 0.357. The molecule has 0 atom stereocenters. The molecule has 0 aliphatic heterocycles. The van der Waals surface area contributed by atoms with Crippen molar-refractivity contribution in [3.05, 3.63) is 41.7 Å². The fourth-order valence-corrected chi connectivity index (χ4v) is 2.90. The molecule has 0 spiro atoms. The van der Waals surface area contributed by atoms with Crippen LogP contribution in [0, 0.1) is 13.8 Å². The molecule has 2 aromatic rings. The first-order valence-corrected chi connectivity index (χ1v) is 7.18. The van der Waals surface area contributed by atoms with Gasteiger partial charge in [-0.15, -0.1) is 0 Å². The second kappa shape index (κ2) is 5.91. The molecule has 0 unspecified atom stereocenters. The first-order chi connectivity index (χ1) is 9.38. The fourth-order valence-electron chi connectivity index (χ4n) is 1.82. The quantitative estimate of drug-likeness (QED) is 0.772. The number of para-hydroxylation sites is 1. The largest absolute Gasteiger partial charge is 0.389 e. The van der Waals surface area contributed by atoms with E-state index in [0.717, 1.165) is 28.8 Å². The molecule has 0 aliphatic rings. The van der Waals surface area contributed by atoms with Gasteiger partial charge in [0.1, 0.15) is 0 Å². The predicted molar refractivity (Wildman–Crippen MR) is 74.4 cm³/mol. The second-order valence-corrected chi connectivity index (χ2v) is 5.51. The summed E-state index contributed by atoms with van der Waals surface area (Å²) in [5, 5.41) is 0.607. The van der Waals surface area contributed by atoms with Crippen molar-refractivity contribution in [1.29, 1.82) is 0 Å². The van der Waals surface area contributed by atoms with Gasteiger partial charge in [0.2, 0.25) is 0 Å². The van der Waals surface area contributed by atoms with E-state index in [2.05, 4.69) is 4.98 Å². The van der Waals surface area contributed by atoms with Gasteiger partial charge < -0.3 is 0 Å². The van der Waals surface area contributed by atoms with Crippen LogP contribution in [0.25, 0.3) is 5.69 Å². The number of nitrogens with zero attached hydrogens (tertiary/aromatic N) is 2. The summed E-state index contributed by atoms with van der Waals surface area (Å²) in [5.74, 6) is -0.0216. The van der Waals surface area contributed by atoms with Crippen molar-refractivity contribution in [3.8, 4) is 5.69 Å². The minimum atomic E-state index is -4.12.